The molecule has 10 heteroatoms. The normalized spacial score (nSPS) is 11.1. The number of nitro groups is 1. The van der Waals surface area contributed by atoms with Crippen molar-refractivity contribution in [2.75, 3.05) is 10.6 Å². The molecule has 0 heterocycles. The number of alkyl halides is 3. The van der Waals surface area contributed by atoms with E-state index >= 15 is 0 Å². The summed E-state index contributed by atoms with van der Waals surface area (Å²) < 4.78 is 44.6. The predicted octanol–water partition coefficient (Wildman–Crippen LogP) is 5.54. The third-order valence-corrected chi connectivity index (χ3v) is 4.54. The fourth-order valence-corrected chi connectivity index (χ4v) is 2.95. The summed E-state index contributed by atoms with van der Waals surface area (Å²) in [4.78, 5) is 24.4. The molecule has 2 N–H and O–H groups in total. The van der Waals surface area contributed by atoms with E-state index in [2.05, 4.69) is 0 Å². The summed E-state index contributed by atoms with van der Waals surface area (Å²) in [5, 5.41) is 11.3. The fourth-order valence-electron chi connectivity index (χ4n) is 2.95. The van der Waals surface area contributed by atoms with Crippen molar-refractivity contribution in [2.45, 2.75) is 19.3 Å². The molecule has 7 nitrogen and oxygen atoms in total. The Bertz CT molecular complexity index is 1120. The van der Waals surface area contributed by atoms with Crippen LogP contribution in [0.2, 0.25) is 0 Å². The zero-order valence-corrected chi connectivity index (χ0v) is 16.6. The van der Waals surface area contributed by atoms with E-state index in [1.165, 1.54) is 24.3 Å². The minimum atomic E-state index is -4.56. The van der Waals surface area contributed by atoms with Crippen molar-refractivity contribution < 1.29 is 27.6 Å². The van der Waals surface area contributed by atoms with Gasteiger partial charge < -0.3 is 10.5 Å². The van der Waals surface area contributed by atoms with Crippen LogP contribution in [0.3, 0.4) is 0 Å². The van der Waals surface area contributed by atoms with Crippen molar-refractivity contribution >= 4 is 23.2 Å². The average molecular weight is 445 g/mol. The summed E-state index contributed by atoms with van der Waals surface area (Å²) in [6.07, 6.45) is -5.44. The molecule has 0 radical (unpaired) electrons. The Morgan fingerprint density at radius 1 is 1.00 bits per heavy atom. The molecule has 0 aliphatic carbocycles. The highest BCUT2D eigenvalue weighted by molar-refractivity contribution is 5.88. The molecule has 3 aromatic rings. The van der Waals surface area contributed by atoms with Crippen LogP contribution in [0.15, 0.2) is 72.8 Å². The maximum Gasteiger partial charge on any atom is 0.416 e. The van der Waals surface area contributed by atoms with Gasteiger partial charge in [0.25, 0.3) is 5.69 Å². The fraction of sp³-hybridized carbons (Fsp3) is 0.136. The second kappa shape index (κ2) is 9.38. The number of carbonyl (C=O) groups is 1. The lowest BCUT2D eigenvalue weighted by Crippen LogP contribution is -2.31. The predicted molar refractivity (Wildman–Crippen MR) is 112 cm³/mol. The highest BCUT2D eigenvalue weighted by Gasteiger charge is 2.31. The number of nitrogens with zero attached hydrogens (tertiary/aromatic N) is 2. The minimum absolute atomic E-state index is 0.0568. The Kier molecular flexibility index (Phi) is 6.62. The lowest BCUT2D eigenvalue weighted by Gasteiger charge is -2.23. The van der Waals surface area contributed by atoms with Crippen molar-refractivity contribution in [1.29, 1.82) is 0 Å². The number of benzene rings is 3. The van der Waals surface area contributed by atoms with Gasteiger partial charge in [0.2, 0.25) is 0 Å². The number of hydrogen-bond donors (Lipinski definition) is 1. The Labute approximate surface area is 181 Å². The Hall–Kier alpha value is -4.08. The van der Waals surface area contributed by atoms with Crippen molar-refractivity contribution in [2.24, 2.45) is 0 Å². The van der Waals surface area contributed by atoms with Gasteiger partial charge in [0.15, 0.2) is 0 Å². The number of carbonyl (C=O) groups excluding carboxylic acids is 1. The van der Waals surface area contributed by atoms with Crippen LogP contribution < -0.4 is 10.6 Å². The standard InChI is InChI=1S/C22H18F3N3O4/c23-22(24,25)17-8-4-7-16(11-17)13-27(18-9-10-19(26)20(12-18)28(30)31)21(29)32-14-15-5-2-1-3-6-15/h1-12H,13-14,26H2. The zero-order chi connectivity index (χ0) is 23.3. The smallest absolute Gasteiger partial charge is 0.416 e. The maximum absolute atomic E-state index is 13.1. The van der Waals surface area contributed by atoms with Crippen LogP contribution in [0.5, 0.6) is 0 Å². The van der Waals surface area contributed by atoms with Crippen LogP contribution in [0.1, 0.15) is 16.7 Å². The summed E-state index contributed by atoms with van der Waals surface area (Å²) in [5.74, 6) is 0. The summed E-state index contributed by atoms with van der Waals surface area (Å²) in [7, 11) is 0. The first-order valence-corrected chi connectivity index (χ1v) is 9.33. The molecule has 32 heavy (non-hydrogen) atoms. The minimum Gasteiger partial charge on any atom is -0.444 e. The molecule has 0 unspecified atom stereocenters. The maximum atomic E-state index is 13.1. The molecule has 0 aromatic heterocycles. The molecule has 3 rings (SSSR count). The lowest BCUT2D eigenvalue weighted by atomic mass is 10.1. The number of nitro benzene ring substituents is 1. The van der Waals surface area contributed by atoms with Gasteiger partial charge in [-0.2, -0.15) is 13.2 Å². The second-order valence-corrected chi connectivity index (χ2v) is 6.82. The molecule has 0 aliphatic rings. The molecule has 0 aliphatic heterocycles. The van der Waals surface area contributed by atoms with Gasteiger partial charge in [-0.1, -0.05) is 42.5 Å². The number of nitrogens with two attached hydrogens (primary N) is 1. The lowest BCUT2D eigenvalue weighted by molar-refractivity contribution is -0.383. The molecular weight excluding hydrogens is 427 g/mol. The number of hydrogen-bond acceptors (Lipinski definition) is 5. The zero-order valence-electron chi connectivity index (χ0n) is 16.6. The monoisotopic (exact) mass is 445 g/mol. The van der Waals surface area contributed by atoms with Crippen molar-refractivity contribution in [3.8, 4) is 0 Å². The Morgan fingerprint density at radius 3 is 2.34 bits per heavy atom. The molecule has 0 atom stereocenters. The molecule has 166 valence electrons. The van der Waals surface area contributed by atoms with E-state index in [9.17, 15) is 28.1 Å². The summed E-state index contributed by atoms with van der Waals surface area (Å²) >= 11 is 0. The Balaban J connectivity index is 1.93. The first kappa shape index (κ1) is 22.6. The van der Waals surface area contributed by atoms with Crippen LogP contribution in [0.25, 0.3) is 0 Å². The highest BCUT2D eigenvalue weighted by Crippen LogP contribution is 2.32. The van der Waals surface area contributed by atoms with Gasteiger partial charge in [0.05, 0.1) is 22.7 Å². The van der Waals surface area contributed by atoms with Gasteiger partial charge in [-0.15, -0.1) is 0 Å². The van der Waals surface area contributed by atoms with E-state index in [4.69, 9.17) is 10.5 Å². The van der Waals surface area contributed by atoms with Gasteiger partial charge in [-0.25, -0.2) is 4.79 Å². The number of halogens is 3. The van der Waals surface area contributed by atoms with Gasteiger partial charge in [-0.3, -0.25) is 15.0 Å². The average Bonchev–Trinajstić information content (AvgIpc) is 2.76. The number of ether oxygens (including phenoxy) is 1. The number of amides is 1. The molecule has 0 fully saturated rings. The van der Waals surface area contributed by atoms with Crippen LogP contribution >= 0.6 is 0 Å². The topological polar surface area (TPSA) is 98.7 Å². The third kappa shape index (κ3) is 5.54. The van der Waals surface area contributed by atoms with Crippen LogP contribution in [-0.2, 0) is 24.1 Å². The van der Waals surface area contributed by atoms with E-state index < -0.39 is 28.4 Å². The highest BCUT2D eigenvalue weighted by atomic mass is 19.4. The Morgan fingerprint density at radius 2 is 1.69 bits per heavy atom. The van der Waals surface area contributed by atoms with E-state index in [-0.39, 0.29) is 30.1 Å². The number of nitrogen functional groups attached to an aromatic ring is 1. The molecule has 0 bridgehead atoms. The van der Waals surface area contributed by atoms with Crippen molar-refractivity contribution in [3.05, 3.63) is 99.6 Å². The van der Waals surface area contributed by atoms with E-state index in [1.807, 2.05) is 0 Å². The SMILES string of the molecule is Nc1ccc(N(Cc2cccc(C(F)(F)F)c2)C(=O)OCc2ccccc2)cc1[N+](=O)[O-]. The molecular formula is C22H18F3N3O4. The van der Waals surface area contributed by atoms with Gasteiger partial charge >= 0.3 is 12.3 Å². The third-order valence-electron chi connectivity index (χ3n) is 4.54. The molecule has 0 spiro atoms. The summed E-state index contributed by atoms with van der Waals surface area (Å²) in [5.41, 5.74) is 5.11. The van der Waals surface area contributed by atoms with Gasteiger partial charge in [-0.05, 0) is 35.4 Å². The molecule has 0 saturated heterocycles. The largest absolute Gasteiger partial charge is 0.444 e. The van der Waals surface area contributed by atoms with Crippen molar-refractivity contribution in [3.63, 3.8) is 0 Å². The summed E-state index contributed by atoms with van der Waals surface area (Å²) in [6.45, 7) is -0.394. The number of anilines is 2. The first-order valence-electron chi connectivity index (χ1n) is 9.33. The van der Waals surface area contributed by atoms with Gasteiger partial charge in [0, 0.05) is 6.07 Å². The second-order valence-electron chi connectivity index (χ2n) is 6.82. The van der Waals surface area contributed by atoms with E-state index in [1.54, 1.807) is 30.3 Å². The number of rotatable bonds is 6. The molecule has 1 amide bonds. The van der Waals surface area contributed by atoms with Crippen LogP contribution in [0, 0.1) is 10.1 Å². The van der Waals surface area contributed by atoms with Crippen molar-refractivity contribution in [1.82, 2.24) is 0 Å². The van der Waals surface area contributed by atoms with Crippen LogP contribution in [0.4, 0.5) is 35.0 Å². The van der Waals surface area contributed by atoms with E-state index in [0.29, 0.717) is 5.56 Å². The molecule has 0 saturated carbocycles. The first-order chi connectivity index (χ1) is 15.1. The van der Waals surface area contributed by atoms with E-state index in [0.717, 1.165) is 23.1 Å². The van der Waals surface area contributed by atoms with Gasteiger partial charge in [0.1, 0.15) is 12.3 Å². The quantitative estimate of drug-likeness (QED) is 0.305. The van der Waals surface area contributed by atoms with Crippen LogP contribution in [-0.4, -0.2) is 11.0 Å². The summed E-state index contributed by atoms with van der Waals surface area (Å²) in [6, 6.07) is 16.9. The molecule has 3 aromatic carbocycles.